The van der Waals surface area contributed by atoms with Gasteiger partial charge in [0.15, 0.2) is 0 Å². The Balaban J connectivity index is 1.90. The zero-order chi connectivity index (χ0) is 14.9. The molecule has 0 atom stereocenters. The van der Waals surface area contributed by atoms with Crippen LogP contribution in [0.2, 0.25) is 0 Å². The molecule has 1 aliphatic rings. The smallest absolute Gasteiger partial charge is 0.0426 e. The van der Waals surface area contributed by atoms with E-state index in [4.69, 9.17) is 0 Å². The lowest BCUT2D eigenvalue weighted by atomic mass is 9.92. The Labute approximate surface area is 130 Å². The molecule has 4 rings (SSSR count). The van der Waals surface area contributed by atoms with Gasteiger partial charge in [0, 0.05) is 29.7 Å². The van der Waals surface area contributed by atoms with Gasteiger partial charge in [0.25, 0.3) is 0 Å². The largest absolute Gasteiger partial charge is 0.380 e. The Kier molecular flexibility index (Phi) is 3.08. The van der Waals surface area contributed by atoms with Crippen molar-refractivity contribution < 1.29 is 0 Å². The number of H-pyrrole nitrogens is 1. The Morgan fingerprint density at radius 2 is 1.77 bits per heavy atom. The quantitative estimate of drug-likeness (QED) is 0.685. The molecule has 0 amide bonds. The van der Waals surface area contributed by atoms with Gasteiger partial charge in [-0.15, -0.1) is 0 Å². The fraction of sp³-hybridized carbons (Fsp3) is 0.100. The third-order valence-electron chi connectivity index (χ3n) is 4.24. The van der Waals surface area contributed by atoms with Crippen LogP contribution in [-0.4, -0.2) is 11.5 Å². The zero-order valence-electron chi connectivity index (χ0n) is 12.6. The molecule has 2 heteroatoms. The lowest BCUT2D eigenvalue weighted by Gasteiger charge is -2.11. The summed E-state index contributed by atoms with van der Waals surface area (Å²) in [6.45, 7) is 3.04. The number of anilines is 1. The first-order chi connectivity index (χ1) is 10.8. The molecule has 22 heavy (non-hydrogen) atoms. The average Bonchev–Trinajstić information content (AvgIpc) is 3.18. The number of hydrogen-bond acceptors (Lipinski definition) is 1. The Hall–Kier alpha value is -2.74. The van der Waals surface area contributed by atoms with Gasteiger partial charge in [0.2, 0.25) is 0 Å². The topological polar surface area (TPSA) is 27.8 Å². The summed E-state index contributed by atoms with van der Waals surface area (Å²) in [6, 6.07) is 19.2. The molecule has 1 aliphatic heterocycles. The van der Waals surface area contributed by atoms with E-state index >= 15 is 0 Å². The van der Waals surface area contributed by atoms with Crippen LogP contribution >= 0.6 is 0 Å². The van der Waals surface area contributed by atoms with Crippen LogP contribution in [-0.2, 0) is 0 Å². The van der Waals surface area contributed by atoms with Gasteiger partial charge >= 0.3 is 0 Å². The molecule has 3 aromatic rings. The van der Waals surface area contributed by atoms with Crippen molar-refractivity contribution in [1.29, 1.82) is 0 Å². The molecule has 0 aliphatic carbocycles. The van der Waals surface area contributed by atoms with Gasteiger partial charge in [-0.25, -0.2) is 0 Å². The SMILES string of the molecule is Cc1ccccc1-c1cccc2c1/C(=C/c1ccc[nH]1)CN2. The number of aromatic nitrogens is 1. The van der Waals surface area contributed by atoms with E-state index in [0.29, 0.717) is 0 Å². The van der Waals surface area contributed by atoms with Crippen LogP contribution < -0.4 is 5.32 Å². The van der Waals surface area contributed by atoms with E-state index in [0.717, 1.165) is 12.2 Å². The maximum atomic E-state index is 3.51. The van der Waals surface area contributed by atoms with E-state index in [9.17, 15) is 0 Å². The molecular weight excluding hydrogens is 268 g/mol. The molecule has 1 aromatic heterocycles. The number of nitrogens with one attached hydrogen (secondary N) is 2. The number of hydrogen-bond donors (Lipinski definition) is 2. The van der Waals surface area contributed by atoms with Crippen molar-refractivity contribution >= 4 is 17.3 Å². The minimum absolute atomic E-state index is 0.872. The third kappa shape index (κ3) is 2.13. The van der Waals surface area contributed by atoms with Crippen molar-refractivity contribution in [3.8, 4) is 11.1 Å². The molecule has 0 unspecified atom stereocenters. The molecular formula is C20H18N2. The molecule has 0 fully saturated rings. The second kappa shape index (κ2) is 5.23. The van der Waals surface area contributed by atoms with Gasteiger partial charge in [-0.2, -0.15) is 0 Å². The van der Waals surface area contributed by atoms with Crippen LogP contribution in [0.5, 0.6) is 0 Å². The number of fused-ring (bicyclic) bond motifs is 1. The molecule has 108 valence electrons. The van der Waals surface area contributed by atoms with Gasteiger partial charge in [-0.1, -0.05) is 36.4 Å². The van der Waals surface area contributed by atoms with Crippen molar-refractivity contribution in [2.24, 2.45) is 0 Å². The summed E-state index contributed by atoms with van der Waals surface area (Å²) in [5.74, 6) is 0. The van der Waals surface area contributed by atoms with Crippen LogP contribution in [0, 0.1) is 6.92 Å². The maximum Gasteiger partial charge on any atom is 0.0426 e. The van der Waals surface area contributed by atoms with Crippen LogP contribution in [0.25, 0.3) is 22.8 Å². The highest BCUT2D eigenvalue weighted by Crippen LogP contribution is 2.40. The summed E-state index contributed by atoms with van der Waals surface area (Å²) in [6.07, 6.45) is 4.20. The normalized spacial score (nSPS) is 14.9. The highest BCUT2D eigenvalue weighted by molar-refractivity contribution is 5.99. The van der Waals surface area contributed by atoms with E-state index in [-0.39, 0.29) is 0 Å². The summed E-state index contributed by atoms with van der Waals surface area (Å²) in [5.41, 5.74) is 8.94. The van der Waals surface area contributed by atoms with Crippen molar-refractivity contribution in [3.63, 3.8) is 0 Å². The lowest BCUT2D eigenvalue weighted by molar-refractivity contribution is 1.37. The van der Waals surface area contributed by atoms with Crippen LogP contribution in [0.4, 0.5) is 5.69 Å². The summed E-state index contributed by atoms with van der Waals surface area (Å²) in [7, 11) is 0. The molecule has 0 saturated heterocycles. The molecule has 0 bridgehead atoms. The fourth-order valence-corrected chi connectivity index (χ4v) is 3.17. The Bertz CT molecular complexity index is 842. The lowest BCUT2D eigenvalue weighted by Crippen LogP contribution is -1.91. The maximum absolute atomic E-state index is 3.51. The van der Waals surface area contributed by atoms with Crippen LogP contribution in [0.15, 0.2) is 60.8 Å². The predicted molar refractivity (Wildman–Crippen MR) is 93.8 cm³/mol. The van der Waals surface area contributed by atoms with E-state index < -0.39 is 0 Å². The number of rotatable bonds is 2. The first-order valence-corrected chi connectivity index (χ1v) is 7.60. The number of benzene rings is 2. The van der Waals surface area contributed by atoms with Crippen molar-refractivity contribution in [3.05, 3.63) is 77.6 Å². The van der Waals surface area contributed by atoms with Gasteiger partial charge < -0.3 is 10.3 Å². The predicted octanol–water partition coefficient (Wildman–Crippen LogP) is 4.96. The Morgan fingerprint density at radius 1 is 0.909 bits per heavy atom. The van der Waals surface area contributed by atoms with E-state index in [2.05, 4.69) is 71.8 Å². The monoisotopic (exact) mass is 286 g/mol. The average molecular weight is 286 g/mol. The summed E-state index contributed by atoms with van der Waals surface area (Å²) >= 11 is 0. The third-order valence-corrected chi connectivity index (χ3v) is 4.24. The first-order valence-electron chi connectivity index (χ1n) is 7.60. The molecule has 2 nitrogen and oxygen atoms in total. The summed E-state index contributed by atoms with van der Waals surface area (Å²) in [4.78, 5) is 3.26. The van der Waals surface area contributed by atoms with Gasteiger partial charge in [0.05, 0.1) is 0 Å². The summed E-state index contributed by atoms with van der Waals surface area (Å²) < 4.78 is 0. The second-order valence-electron chi connectivity index (χ2n) is 5.69. The molecule has 2 N–H and O–H groups in total. The van der Waals surface area contributed by atoms with Crippen LogP contribution in [0.3, 0.4) is 0 Å². The first kappa shape index (κ1) is 13.0. The fourth-order valence-electron chi connectivity index (χ4n) is 3.17. The van der Waals surface area contributed by atoms with E-state index in [1.165, 1.54) is 33.5 Å². The highest BCUT2D eigenvalue weighted by atomic mass is 14.9. The van der Waals surface area contributed by atoms with Crippen molar-refractivity contribution in [2.75, 3.05) is 11.9 Å². The van der Waals surface area contributed by atoms with E-state index in [1.807, 2.05) is 12.3 Å². The van der Waals surface area contributed by atoms with Gasteiger partial charge in [-0.05, 0) is 53.5 Å². The second-order valence-corrected chi connectivity index (χ2v) is 5.69. The molecule has 0 spiro atoms. The standard InChI is InChI=1S/C20H18N2/c1-14-6-2-3-8-17(14)18-9-4-10-19-20(18)15(13-22-19)12-16-7-5-11-21-16/h2-12,21-22H,13H2,1H3/b15-12+. The van der Waals surface area contributed by atoms with Gasteiger partial charge in [0.1, 0.15) is 0 Å². The zero-order valence-corrected chi connectivity index (χ0v) is 12.6. The minimum Gasteiger partial charge on any atom is -0.380 e. The van der Waals surface area contributed by atoms with Gasteiger partial charge in [-0.3, -0.25) is 0 Å². The molecule has 0 saturated carbocycles. The van der Waals surface area contributed by atoms with Crippen molar-refractivity contribution in [2.45, 2.75) is 6.92 Å². The number of aryl methyl sites for hydroxylation is 1. The highest BCUT2D eigenvalue weighted by Gasteiger charge is 2.20. The van der Waals surface area contributed by atoms with E-state index in [1.54, 1.807) is 0 Å². The van der Waals surface area contributed by atoms with Crippen LogP contribution in [0.1, 0.15) is 16.8 Å². The molecule has 2 aromatic carbocycles. The van der Waals surface area contributed by atoms with Crippen molar-refractivity contribution in [1.82, 2.24) is 4.98 Å². The Morgan fingerprint density at radius 3 is 2.59 bits per heavy atom. The number of aromatic amines is 1. The summed E-state index contributed by atoms with van der Waals surface area (Å²) in [5, 5.41) is 3.51. The minimum atomic E-state index is 0.872. The molecule has 2 heterocycles. The molecule has 0 radical (unpaired) electrons.